The van der Waals surface area contributed by atoms with Gasteiger partial charge >= 0.3 is 0 Å². The molecule has 0 amide bonds. The third kappa shape index (κ3) is 13.8. The topological polar surface area (TPSA) is 30.5 Å². The summed E-state index contributed by atoms with van der Waals surface area (Å²) in [5.41, 5.74) is 0. The van der Waals surface area contributed by atoms with Crippen LogP contribution in [0, 0.1) is 5.92 Å². The first-order valence-electron chi connectivity index (χ1n) is 6.97. The molecule has 3 heteroatoms. The molecule has 104 valence electrons. The summed E-state index contributed by atoms with van der Waals surface area (Å²) in [6.45, 7) is 10.2. The molecule has 3 nitrogen and oxygen atoms in total. The molecule has 0 aromatic rings. The van der Waals surface area contributed by atoms with Gasteiger partial charge in [0, 0.05) is 32.9 Å². The standard InChI is InChI=1S/C14H31NO2/c1-13(2)7-5-8-14(3)15-9-12-17-11-6-10-16-4/h13-15H,5-12H2,1-4H3. The van der Waals surface area contributed by atoms with E-state index in [0.717, 1.165) is 38.7 Å². The molecule has 0 saturated heterocycles. The van der Waals surface area contributed by atoms with Crippen LogP contribution in [0.4, 0.5) is 0 Å². The number of hydrogen-bond acceptors (Lipinski definition) is 3. The maximum absolute atomic E-state index is 5.49. The fourth-order valence-electron chi connectivity index (χ4n) is 1.72. The van der Waals surface area contributed by atoms with Crippen molar-refractivity contribution in [3.05, 3.63) is 0 Å². The van der Waals surface area contributed by atoms with Gasteiger partial charge in [-0.2, -0.15) is 0 Å². The average molecular weight is 245 g/mol. The molecule has 0 aromatic heterocycles. The van der Waals surface area contributed by atoms with Gasteiger partial charge in [0.25, 0.3) is 0 Å². The molecule has 1 unspecified atom stereocenters. The molecule has 1 N–H and O–H groups in total. The lowest BCUT2D eigenvalue weighted by Gasteiger charge is -2.14. The molecule has 0 saturated carbocycles. The van der Waals surface area contributed by atoms with Crippen molar-refractivity contribution in [2.45, 2.75) is 52.5 Å². The summed E-state index contributed by atoms with van der Waals surface area (Å²) in [6.07, 6.45) is 4.91. The molecule has 0 rings (SSSR count). The lowest BCUT2D eigenvalue weighted by molar-refractivity contribution is 0.103. The molecule has 0 fully saturated rings. The van der Waals surface area contributed by atoms with Crippen LogP contribution in [0.15, 0.2) is 0 Å². The van der Waals surface area contributed by atoms with E-state index in [0.29, 0.717) is 6.04 Å². The fourth-order valence-corrected chi connectivity index (χ4v) is 1.72. The summed E-state index contributed by atoms with van der Waals surface area (Å²) in [5, 5.41) is 3.49. The Morgan fingerprint density at radius 1 is 0.941 bits per heavy atom. The van der Waals surface area contributed by atoms with E-state index >= 15 is 0 Å². The van der Waals surface area contributed by atoms with Crippen LogP contribution in [0.3, 0.4) is 0 Å². The van der Waals surface area contributed by atoms with Gasteiger partial charge in [0.2, 0.25) is 0 Å². The van der Waals surface area contributed by atoms with Gasteiger partial charge in [-0.1, -0.05) is 26.7 Å². The van der Waals surface area contributed by atoms with Crippen LogP contribution in [-0.2, 0) is 9.47 Å². The number of rotatable bonds is 12. The third-order valence-electron chi connectivity index (χ3n) is 2.79. The van der Waals surface area contributed by atoms with E-state index in [1.165, 1.54) is 19.3 Å². The van der Waals surface area contributed by atoms with Gasteiger partial charge in [-0.3, -0.25) is 0 Å². The first-order chi connectivity index (χ1) is 8.16. The van der Waals surface area contributed by atoms with Crippen molar-refractivity contribution in [2.24, 2.45) is 5.92 Å². The van der Waals surface area contributed by atoms with Crippen molar-refractivity contribution in [3.63, 3.8) is 0 Å². The Morgan fingerprint density at radius 3 is 2.35 bits per heavy atom. The summed E-state index contributed by atoms with van der Waals surface area (Å²) < 4.78 is 10.4. The van der Waals surface area contributed by atoms with Crippen molar-refractivity contribution in [3.8, 4) is 0 Å². The molecule has 0 radical (unpaired) electrons. The van der Waals surface area contributed by atoms with Gasteiger partial charge in [0.1, 0.15) is 0 Å². The zero-order chi connectivity index (χ0) is 12.9. The molecular weight excluding hydrogens is 214 g/mol. The van der Waals surface area contributed by atoms with Gasteiger partial charge in [-0.25, -0.2) is 0 Å². The van der Waals surface area contributed by atoms with Crippen LogP contribution in [0.1, 0.15) is 46.5 Å². The van der Waals surface area contributed by atoms with Gasteiger partial charge in [-0.05, 0) is 25.7 Å². The van der Waals surface area contributed by atoms with Crippen molar-refractivity contribution in [2.75, 3.05) is 33.5 Å². The Morgan fingerprint density at radius 2 is 1.71 bits per heavy atom. The summed E-state index contributed by atoms with van der Waals surface area (Å²) in [4.78, 5) is 0. The first kappa shape index (κ1) is 16.9. The van der Waals surface area contributed by atoms with Crippen molar-refractivity contribution < 1.29 is 9.47 Å². The van der Waals surface area contributed by atoms with E-state index in [2.05, 4.69) is 26.1 Å². The van der Waals surface area contributed by atoms with Crippen molar-refractivity contribution in [1.29, 1.82) is 0 Å². The van der Waals surface area contributed by atoms with Gasteiger partial charge in [0.05, 0.1) is 6.61 Å². The summed E-state index contributed by atoms with van der Waals surface area (Å²) >= 11 is 0. The van der Waals surface area contributed by atoms with Crippen LogP contribution in [0.2, 0.25) is 0 Å². The van der Waals surface area contributed by atoms with E-state index in [9.17, 15) is 0 Å². The molecule has 17 heavy (non-hydrogen) atoms. The summed E-state index contributed by atoms with van der Waals surface area (Å²) in [6, 6.07) is 0.608. The normalized spacial score (nSPS) is 13.2. The monoisotopic (exact) mass is 245 g/mol. The largest absolute Gasteiger partial charge is 0.385 e. The van der Waals surface area contributed by atoms with E-state index in [4.69, 9.17) is 9.47 Å². The average Bonchev–Trinajstić information content (AvgIpc) is 2.27. The lowest BCUT2D eigenvalue weighted by Crippen LogP contribution is -2.29. The van der Waals surface area contributed by atoms with Gasteiger partial charge in [-0.15, -0.1) is 0 Å². The Balaban J connectivity index is 3.13. The molecule has 0 spiro atoms. The Bertz CT molecular complexity index is 151. The number of ether oxygens (including phenoxy) is 2. The zero-order valence-corrected chi connectivity index (χ0v) is 12.1. The van der Waals surface area contributed by atoms with E-state index in [-0.39, 0.29) is 0 Å². The Labute approximate surface area is 107 Å². The lowest BCUT2D eigenvalue weighted by atomic mass is 10.0. The maximum Gasteiger partial charge on any atom is 0.0591 e. The van der Waals surface area contributed by atoms with Crippen molar-refractivity contribution in [1.82, 2.24) is 5.32 Å². The number of hydrogen-bond donors (Lipinski definition) is 1. The predicted molar refractivity (Wildman–Crippen MR) is 73.5 cm³/mol. The van der Waals surface area contributed by atoms with Crippen LogP contribution < -0.4 is 5.32 Å². The van der Waals surface area contributed by atoms with Gasteiger partial charge in [0.15, 0.2) is 0 Å². The Kier molecular flexibility index (Phi) is 12.3. The minimum Gasteiger partial charge on any atom is -0.385 e. The SMILES string of the molecule is COCCCOCCNC(C)CCCC(C)C. The highest BCUT2D eigenvalue weighted by molar-refractivity contribution is 4.61. The minimum absolute atomic E-state index is 0.608. The molecule has 0 aliphatic heterocycles. The second kappa shape index (κ2) is 12.3. The molecular formula is C14H31NO2. The second-order valence-electron chi connectivity index (χ2n) is 5.14. The van der Waals surface area contributed by atoms with Crippen LogP contribution in [-0.4, -0.2) is 39.5 Å². The molecule has 0 bridgehead atoms. The van der Waals surface area contributed by atoms with E-state index in [1.54, 1.807) is 7.11 Å². The minimum atomic E-state index is 0.608. The number of nitrogens with one attached hydrogen (secondary N) is 1. The Hall–Kier alpha value is -0.120. The van der Waals surface area contributed by atoms with E-state index < -0.39 is 0 Å². The fraction of sp³-hybridized carbons (Fsp3) is 1.00. The smallest absolute Gasteiger partial charge is 0.0591 e. The summed E-state index contributed by atoms with van der Waals surface area (Å²) in [7, 11) is 1.72. The van der Waals surface area contributed by atoms with E-state index in [1.807, 2.05) is 0 Å². The molecule has 0 aliphatic carbocycles. The van der Waals surface area contributed by atoms with Gasteiger partial charge < -0.3 is 14.8 Å². The zero-order valence-electron chi connectivity index (χ0n) is 12.1. The summed E-state index contributed by atoms with van der Waals surface area (Å²) in [5.74, 6) is 0.825. The first-order valence-corrected chi connectivity index (χ1v) is 6.97. The quantitative estimate of drug-likeness (QED) is 0.536. The van der Waals surface area contributed by atoms with Crippen LogP contribution >= 0.6 is 0 Å². The highest BCUT2D eigenvalue weighted by Crippen LogP contribution is 2.07. The number of methoxy groups -OCH3 is 1. The molecule has 0 heterocycles. The highest BCUT2D eigenvalue weighted by Gasteiger charge is 2.01. The molecule has 0 aliphatic rings. The van der Waals surface area contributed by atoms with Crippen LogP contribution in [0.25, 0.3) is 0 Å². The molecule has 1 atom stereocenters. The maximum atomic E-state index is 5.49. The predicted octanol–water partition coefficient (Wildman–Crippen LogP) is 2.84. The molecule has 0 aromatic carbocycles. The van der Waals surface area contributed by atoms with Crippen molar-refractivity contribution >= 4 is 0 Å². The highest BCUT2D eigenvalue weighted by atomic mass is 16.5. The van der Waals surface area contributed by atoms with Crippen LogP contribution in [0.5, 0.6) is 0 Å². The second-order valence-corrected chi connectivity index (χ2v) is 5.14. The third-order valence-corrected chi connectivity index (χ3v) is 2.79.